The van der Waals surface area contributed by atoms with E-state index < -0.39 is 0 Å². The smallest absolute Gasteiger partial charge is 0.256 e. The molecule has 1 aliphatic heterocycles. The molecule has 1 N–H and O–H groups in total. The second-order valence-electron chi connectivity index (χ2n) is 7.15. The minimum absolute atomic E-state index is 0.0130. The first-order chi connectivity index (χ1) is 12.8. The Morgan fingerprint density at radius 1 is 1.19 bits per heavy atom. The number of ketones is 1. The molecule has 1 atom stereocenters. The highest BCUT2D eigenvalue weighted by molar-refractivity contribution is 6.02. The summed E-state index contributed by atoms with van der Waals surface area (Å²) in [5.74, 6) is 0.775. The van der Waals surface area contributed by atoms with Gasteiger partial charge in [-0.3, -0.25) is 9.59 Å². The third-order valence-corrected chi connectivity index (χ3v) is 5.32. The number of benzene rings is 1. The average Bonchev–Trinajstić information content (AvgIpc) is 2.95. The molecule has 0 saturated carbocycles. The van der Waals surface area contributed by atoms with E-state index in [9.17, 15) is 9.59 Å². The van der Waals surface area contributed by atoms with E-state index in [1.165, 1.54) is 6.92 Å². The van der Waals surface area contributed by atoms with Crippen LogP contribution in [0.3, 0.4) is 0 Å². The maximum absolute atomic E-state index is 13.2. The van der Waals surface area contributed by atoms with E-state index in [1.54, 1.807) is 7.11 Å². The molecule has 0 spiro atoms. The van der Waals surface area contributed by atoms with Gasteiger partial charge in [-0.1, -0.05) is 12.1 Å². The number of hydrogen-bond acceptors (Lipinski definition) is 4. The number of rotatable bonds is 4. The standard InChI is InChI=1S/C21H27N3O3/c1-13-12-23(17-8-6-7-9-18(17)27-5)10-11-24(13)21(26)19-14(2)20(16(4)25)22-15(19)3/h6-9,13,22H,10-12H2,1-5H3/t13-/m1/s1. The largest absolute Gasteiger partial charge is 0.495 e. The number of carbonyl (C=O) groups excluding carboxylic acids is 2. The molecule has 1 fully saturated rings. The number of aromatic amines is 1. The van der Waals surface area contributed by atoms with Crippen LogP contribution in [0.4, 0.5) is 5.69 Å². The van der Waals surface area contributed by atoms with Crippen molar-refractivity contribution in [1.29, 1.82) is 0 Å². The molecule has 0 unspecified atom stereocenters. The Morgan fingerprint density at radius 2 is 1.89 bits per heavy atom. The molecular formula is C21H27N3O3. The van der Waals surface area contributed by atoms with Crippen molar-refractivity contribution in [2.45, 2.75) is 33.7 Å². The number of amides is 1. The monoisotopic (exact) mass is 369 g/mol. The lowest BCUT2D eigenvalue weighted by Gasteiger charge is -2.41. The van der Waals surface area contributed by atoms with Crippen LogP contribution in [0.2, 0.25) is 0 Å². The van der Waals surface area contributed by atoms with Crippen LogP contribution in [-0.4, -0.2) is 54.4 Å². The summed E-state index contributed by atoms with van der Waals surface area (Å²) in [6, 6.07) is 7.99. The number of anilines is 1. The average molecular weight is 369 g/mol. The molecule has 3 rings (SSSR count). The molecule has 6 nitrogen and oxygen atoms in total. The summed E-state index contributed by atoms with van der Waals surface area (Å²) in [6.45, 7) is 9.35. The van der Waals surface area contributed by atoms with E-state index in [-0.39, 0.29) is 17.7 Å². The van der Waals surface area contributed by atoms with Crippen LogP contribution in [-0.2, 0) is 0 Å². The molecule has 1 aromatic carbocycles. The normalized spacial score (nSPS) is 17.1. The number of H-pyrrole nitrogens is 1. The van der Waals surface area contributed by atoms with E-state index in [1.807, 2.05) is 43.0 Å². The molecule has 1 saturated heterocycles. The molecular weight excluding hydrogens is 342 g/mol. The highest BCUT2D eigenvalue weighted by Crippen LogP contribution is 2.30. The minimum Gasteiger partial charge on any atom is -0.495 e. The van der Waals surface area contributed by atoms with Crippen LogP contribution in [0.1, 0.15) is 46.0 Å². The summed E-state index contributed by atoms with van der Waals surface area (Å²) in [7, 11) is 1.67. The zero-order valence-electron chi connectivity index (χ0n) is 16.6. The van der Waals surface area contributed by atoms with Crippen molar-refractivity contribution in [2.75, 3.05) is 31.6 Å². The van der Waals surface area contributed by atoms with Crippen LogP contribution in [0.15, 0.2) is 24.3 Å². The summed E-state index contributed by atoms with van der Waals surface area (Å²) in [4.78, 5) is 32.2. The van der Waals surface area contributed by atoms with Gasteiger partial charge in [0.1, 0.15) is 5.75 Å². The van der Waals surface area contributed by atoms with Crippen molar-refractivity contribution >= 4 is 17.4 Å². The molecule has 1 amide bonds. The van der Waals surface area contributed by atoms with Gasteiger partial charge in [0.2, 0.25) is 0 Å². The van der Waals surface area contributed by atoms with Crippen molar-refractivity contribution in [3.8, 4) is 5.75 Å². The Balaban J connectivity index is 1.81. The molecule has 1 aromatic heterocycles. The Labute approximate surface area is 160 Å². The Morgan fingerprint density at radius 3 is 2.48 bits per heavy atom. The van der Waals surface area contributed by atoms with Crippen LogP contribution in [0.5, 0.6) is 5.75 Å². The molecule has 0 radical (unpaired) electrons. The summed E-state index contributed by atoms with van der Waals surface area (Å²) in [5, 5.41) is 0. The number of piperazine rings is 1. The van der Waals surface area contributed by atoms with Gasteiger partial charge in [0.15, 0.2) is 5.78 Å². The highest BCUT2D eigenvalue weighted by Gasteiger charge is 2.32. The van der Waals surface area contributed by atoms with Gasteiger partial charge in [-0.15, -0.1) is 0 Å². The van der Waals surface area contributed by atoms with Crippen molar-refractivity contribution in [1.82, 2.24) is 9.88 Å². The number of carbonyl (C=O) groups is 2. The Kier molecular flexibility index (Phi) is 5.26. The summed E-state index contributed by atoms with van der Waals surface area (Å²) in [5.41, 5.74) is 3.69. The van der Waals surface area contributed by atoms with Gasteiger partial charge in [0, 0.05) is 38.3 Å². The lowest BCUT2D eigenvalue weighted by atomic mass is 10.0. The molecule has 144 valence electrons. The summed E-state index contributed by atoms with van der Waals surface area (Å²) < 4.78 is 5.48. The third kappa shape index (κ3) is 3.44. The van der Waals surface area contributed by atoms with Gasteiger partial charge in [0.25, 0.3) is 5.91 Å². The van der Waals surface area contributed by atoms with Crippen molar-refractivity contribution in [3.63, 3.8) is 0 Å². The number of methoxy groups -OCH3 is 1. The predicted octanol–water partition coefficient (Wildman–Crippen LogP) is 3.19. The van der Waals surface area contributed by atoms with E-state index in [0.717, 1.165) is 35.8 Å². The molecule has 0 bridgehead atoms. The quantitative estimate of drug-likeness (QED) is 0.841. The predicted molar refractivity (Wildman–Crippen MR) is 106 cm³/mol. The molecule has 0 aliphatic carbocycles. The fourth-order valence-electron chi connectivity index (χ4n) is 3.94. The number of aryl methyl sites for hydroxylation is 1. The SMILES string of the molecule is COc1ccccc1N1CCN(C(=O)c2c(C)[nH]c(C(C)=O)c2C)[C@H](C)C1. The first kappa shape index (κ1) is 19.0. The van der Waals surface area contributed by atoms with E-state index in [4.69, 9.17) is 4.74 Å². The number of nitrogens with one attached hydrogen (secondary N) is 1. The molecule has 27 heavy (non-hydrogen) atoms. The Hall–Kier alpha value is -2.76. The van der Waals surface area contributed by atoms with Crippen LogP contribution in [0.25, 0.3) is 0 Å². The minimum atomic E-state index is -0.0521. The number of ether oxygens (including phenoxy) is 1. The topological polar surface area (TPSA) is 65.6 Å². The van der Waals surface area contributed by atoms with Gasteiger partial charge in [0.05, 0.1) is 24.1 Å². The second kappa shape index (κ2) is 7.47. The Bertz CT molecular complexity index is 872. The number of nitrogens with zero attached hydrogens (tertiary/aromatic N) is 2. The number of hydrogen-bond donors (Lipinski definition) is 1. The highest BCUT2D eigenvalue weighted by atomic mass is 16.5. The second-order valence-corrected chi connectivity index (χ2v) is 7.15. The number of Topliss-reactive ketones (excluding diaryl/α,β-unsaturated/α-hetero) is 1. The van der Waals surface area contributed by atoms with Crippen molar-refractivity contribution in [2.24, 2.45) is 0 Å². The summed E-state index contributed by atoms with van der Waals surface area (Å²) >= 11 is 0. The lowest BCUT2D eigenvalue weighted by molar-refractivity contribution is 0.0672. The third-order valence-electron chi connectivity index (χ3n) is 5.32. The van der Waals surface area contributed by atoms with Gasteiger partial charge >= 0.3 is 0 Å². The zero-order chi connectivity index (χ0) is 19.7. The fourth-order valence-corrected chi connectivity index (χ4v) is 3.94. The van der Waals surface area contributed by atoms with Gasteiger partial charge in [-0.05, 0) is 38.5 Å². The van der Waals surface area contributed by atoms with Gasteiger partial charge < -0.3 is 19.5 Å². The van der Waals surface area contributed by atoms with E-state index >= 15 is 0 Å². The maximum Gasteiger partial charge on any atom is 0.256 e. The van der Waals surface area contributed by atoms with Crippen molar-refractivity contribution in [3.05, 3.63) is 46.8 Å². The van der Waals surface area contributed by atoms with Crippen LogP contribution < -0.4 is 9.64 Å². The fraction of sp³-hybridized carbons (Fsp3) is 0.429. The van der Waals surface area contributed by atoms with Crippen LogP contribution >= 0.6 is 0 Å². The first-order valence-electron chi connectivity index (χ1n) is 9.24. The lowest BCUT2D eigenvalue weighted by Crippen LogP contribution is -2.54. The molecule has 2 aromatic rings. The zero-order valence-corrected chi connectivity index (χ0v) is 16.6. The van der Waals surface area contributed by atoms with Gasteiger partial charge in [-0.2, -0.15) is 0 Å². The number of aromatic nitrogens is 1. The molecule has 1 aliphatic rings. The number of para-hydroxylation sites is 2. The molecule has 2 heterocycles. The van der Waals surface area contributed by atoms with E-state index in [2.05, 4.69) is 16.8 Å². The van der Waals surface area contributed by atoms with Gasteiger partial charge in [-0.25, -0.2) is 0 Å². The molecule has 6 heteroatoms. The first-order valence-corrected chi connectivity index (χ1v) is 9.24. The van der Waals surface area contributed by atoms with Crippen molar-refractivity contribution < 1.29 is 14.3 Å². The summed E-state index contributed by atoms with van der Waals surface area (Å²) in [6.07, 6.45) is 0. The van der Waals surface area contributed by atoms with E-state index in [0.29, 0.717) is 17.8 Å². The maximum atomic E-state index is 13.2. The van der Waals surface area contributed by atoms with Crippen LogP contribution in [0, 0.1) is 13.8 Å².